The fraction of sp³-hybridized carbons (Fsp3) is 0.438. The maximum Gasteiger partial charge on any atom is 0.149 e. The van der Waals surface area contributed by atoms with Gasteiger partial charge in [-0.1, -0.05) is 24.6 Å². The number of aryl methyl sites for hydroxylation is 1. The van der Waals surface area contributed by atoms with Crippen LogP contribution in [-0.4, -0.2) is 16.3 Å². The van der Waals surface area contributed by atoms with Crippen LogP contribution in [0, 0.1) is 19.7 Å². The minimum absolute atomic E-state index is 0.123. The average molecular weight is 310 g/mol. The number of hydrogen-bond acceptors (Lipinski definition) is 2. The van der Waals surface area contributed by atoms with Gasteiger partial charge in [-0.15, -0.1) is 0 Å². The molecule has 0 radical (unpaired) electrons. The molecular weight excluding hydrogens is 289 g/mol. The van der Waals surface area contributed by atoms with E-state index in [1.54, 1.807) is 16.8 Å². The van der Waals surface area contributed by atoms with Crippen molar-refractivity contribution in [1.29, 1.82) is 0 Å². The maximum absolute atomic E-state index is 14.4. The molecule has 0 saturated carbocycles. The van der Waals surface area contributed by atoms with Gasteiger partial charge in [0.1, 0.15) is 11.5 Å². The summed E-state index contributed by atoms with van der Waals surface area (Å²) >= 11 is 6.12. The third kappa shape index (κ3) is 3.27. The quantitative estimate of drug-likeness (QED) is 0.890. The van der Waals surface area contributed by atoms with Gasteiger partial charge >= 0.3 is 0 Å². The van der Waals surface area contributed by atoms with Gasteiger partial charge in [-0.3, -0.25) is 0 Å². The first kappa shape index (κ1) is 16.0. The molecular formula is C16H21ClFN3. The highest BCUT2D eigenvalue weighted by Crippen LogP contribution is 2.25. The molecule has 0 fully saturated rings. The molecule has 0 amide bonds. The lowest BCUT2D eigenvalue weighted by Gasteiger charge is -2.15. The Balaban J connectivity index is 2.33. The summed E-state index contributed by atoms with van der Waals surface area (Å²) in [7, 11) is 0. The first-order valence-electron chi connectivity index (χ1n) is 7.20. The van der Waals surface area contributed by atoms with Crippen molar-refractivity contribution in [3.8, 4) is 5.69 Å². The highest BCUT2D eigenvalue weighted by Gasteiger charge is 2.15. The van der Waals surface area contributed by atoms with Gasteiger partial charge in [-0.05, 0) is 51.4 Å². The van der Waals surface area contributed by atoms with Gasteiger partial charge in [0.15, 0.2) is 0 Å². The minimum Gasteiger partial charge on any atom is -0.310 e. The molecule has 1 aromatic carbocycles. The van der Waals surface area contributed by atoms with Gasteiger partial charge in [0.25, 0.3) is 0 Å². The Morgan fingerprint density at radius 2 is 2.10 bits per heavy atom. The van der Waals surface area contributed by atoms with Gasteiger partial charge in [-0.25, -0.2) is 9.07 Å². The molecule has 1 unspecified atom stereocenters. The van der Waals surface area contributed by atoms with Crippen LogP contribution in [0.15, 0.2) is 18.2 Å². The highest BCUT2D eigenvalue weighted by molar-refractivity contribution is 6.31. The molecule has 0 spiro atoms. The number of rotatable bonds is 5. The Hall–Kier alpha value is -1.39. The standard InChI is InChI=1S/C16H21ClFN3/c1-5-8-19-10(2)13-6-7-15(14(18)9-13)21-12(4)16(17)11(3)20-21/h6-7,9-10,19H,5,8H2,1-4H3. The minimum atomic E-state index is -0.292. The van der Waals surface area contributed by atoms with Crippen LogP contribution < -0.4 is 5.32 Å². The third-order valence-corrected chi connectivity index (χ3v) is 4.15. The van der Waals surface area contributed by atoms with Crippen LogP contribution in [0.1, 0.15) is 43.3 Å². The molecule has 0 saturated heterocycles. The topological polar surface area (TPSA) is 29.9 Å². The summed E-state index contributed by atoms with van der Waals surface area (Å²) in [5.74, 6) is -0.292. The number of halogens is 2. The van der Waals surface area contributed by atoms with E-state index in [9.17, 15) is 4.39 Å². The zero-order valence-corrected chi connectivity index (χ0v) is 13.6. The van der Waals surface area contributed by atoms with Crippen molar-refractivity contribution in [2.45, 2.75) is 40.2 Å². The number of aromatic nitrogens is 2. The van der Waals surface area contributed by atoms with E-state index in [0.717, 1.165) is 24.2 Å². The number of nitrogens with one attached hydrogen (secondary N) is 1. The average Bonchev–Trinajstić information content (AvgIpc) is 2.72. The van der Waals surface area contributed by atoms with Crippen LogP contribution in [0.5, 0.6) is 0 Å². The molecule has 1 aromatic heterocycles. The molecule has 2 rings (SSSR count). The Morgan fingerprint density at radius 1 is 1.38 bits per heavy atom. The van der Waals surface area contributed by atoms with Crippen LogP contribution in [0.4, 0.5) is 4.39 Å². The molecule has 0 bridgehead atoms. The van der Waals surface area contributed by atoms with Crippen molar-refractivity contribution >= 4 is 11.6 Å². The lowest BCUT2D eigenvalue weighted by atomic mass is 10.1. The largest absolute Gasteiger partial charge is 0.310 e. The van der Waals surface area contributed by atoms with Crippen LogP contribution in [0.2, 0.25) is 5.02 Å². The Morgan fingerprint density at radius 3 is 2.62 bits per heavy atom. The number of benzene rings is 1. The molecule has 5 heteroatoms. The third-order valence-electron chi connectivity index (χ3n) is 3.60. The van der Waals surface area contributed by atoms with E-state index in [1.807, 2.05) is 26.8 Å². The molecule has 3 nitrogen and oxygen atoms in total. The molecule has 114 valence electrons. The summed E-state index contributed by atoms with van der Waals surface area (Å²) in [4.78, 5) is 0. The van der Waals surface area contributed by atoms with Crippen LogP contribution >= 0.6 is 11.6 Å². The van der Waals surface area contributed by atoms with E-state index in [0.29, 0.717) is 16.4 Å². The molecule has 0 aliphatic carbocycles. The molecule has 1 N–H and O–H groups in total. The monoisotopic (exact) mass is 309 g/mol. The van der Waals surface area contributed by atoms with Crippen molar-refractivity contribution in [2.24, 2.45) is 0 Å². The van der Waals surface area contributed by atoms with Crippen molar-refractivity contribution in [3.05, 3.63) is 46.0 Å². The maximum atomic E-state index is 14.4. The predicted molar refractivity (Wildman–Crippen MR) is 84.7 cm³/mol. The predicted octanol–water partition coefficient (Wildman–Crippen LogP) is 4.34. The Kier molecular flexibility index (Phi) is 5.01. The van der Waals surface area contributed by atoms with Crippen molar-refractivity contribution in [1.82, 2.24) is 15.1 Å². The van der Waals surface area contributed by atoms with E-state index in [4.69, 9.17) is 11.6 Å². The molecule has 0 aliphatic rings. The molecule has 1 atom stereocenters. The SMILES string of the molecule is CCCNC(C)c1ccc(-n2nc(C)c(Cl)c2C)c(F)c1. The van der Waals surface area contributed by atoms with Crippen LogP contribution in [0.3, 0.4) is 0 Å². The second-order valence-electron chi connectivity index (χ2n) is 5.28. The summed E-state index contributed by atoms with van der Waals surface area (Å²) in [6.07, 6.45) is 1.05. The number of hydrogen-bond donors (Lipinski definition) is 1. The van der Waals surface area contributed by atoms with Gasteiger partial charge in [-0.2, -0.15) is 5.10 Å². The smallest absolute Gasteiger partial charge is 0.149 e. The normalized spacial score (nSPS) is 12.7. The summed E-state index contributed by atoms with van der Waals surface area (Å²) < 4.78 is 16.0. The highest BCUT2D eigenvalue weighted by atomic mass is 35.5. The van der Waals surface area contributed by atoms with Crippen molar-refractivity contribution < 1.29 is 4.39 Å². The van der Waals surface area contributed by atoms with E-state index in [1.165, 1.54) is 0 Å². The molecule has 0 aliphatic heterocycles. The summed E-state index contributed by atoms with van der Waals surface area (Å²) in [5.41, 5.74) is 2.81. The van der Waals surface area contributed by atoms with Crippen LogP contribution in [-0.2, 0) is 0 Å². The van der Waals surface area contributed by atoms with Gasteiger partial charge in [0.05, 0.1) is 16.4 Å². The van der Waals surface area contributed by atoms with Crippen LogP contribution in [0.25, 0.3) is 5.69 Å². The molecule has 1 heterocycles. The van der Waals surface area contributed by atoms with Crippen molar-refractivity contribution in [2.75, 3.05) is 6.54 Å². The van der Waals surface area contributed by atoms with Gasteiger partial charge < -0.3 is 5.32 Å². The van der Waals surface area contributed by atoms with E-state index in [2.05, 4.69) is 17.3 Å². The molecule has 2 aromatic rings. The second kappa shape index (κ2) is 6.58. The van der Waals surface area contributed by atoms with E-state index >= 15 is 0 Å². The fourth-order valence-electron chi connectivity index (χ4n) is 2.30. The number of nitrogens with zero attached hydrogens (tertiary/aromatic N) is 2. The van der Waals surface area contributed by atoms with Crippen molar-refractivity contribution in [3.63, 3.8) is 0 Å². The van der Waals surface area contributed by atoms with E-state index in [-0.39, 0.29) is 11.9 Å². The first-order valence-corrected chi connectivity index (χ1v) is 7.58. The van der Waals surface area contributed by atoms with E-state index < -0.39 is 0 Å². The zero-order valence-electron chi connectivity index (χ0n) is 12.9. The van der Waals surface area contributed by atoms with Gasteiger partial charge in [0.2, 0.25) is 0 Å². The van der Waals surface area contributed by atoms with Gasteiger partial charge in [0, 0.05) is 6.04 Å². The first-order chi connectivity index (χ1) is 9.95. The lowest BCUT2D eigenvalue weighted by molar-refractivity contribution is 0.559. The molecule has 21 heavy (non-hydrogen) atoms. The summed E-state index contributed by atoms with van der Waals surface area (Å²) in [6, 6.07) is 5.37. The lowest BCUT2D eigenvalue weighted by Crippen LogP contribution is -2.19. The fourth-order valence-corrected chi connectivity index (χ4v) is 2.42. The Bertz CT molecular complexity index is 637. The summed E-state index contributed by atoms with van der Waals surface area (Å²) in [5, 5.41) is 8.22. The second-order valence-corrected chi connectivity index (χ2v) is 5.66. The zero-order chi connectivity index (χ0) is 15.6. The summed E-state index contributed by atoms with van der Waals surface area (Å²) in [6.45, 7) is 8.70. The Labute approximate surface area is 130 Å².